The Kier molecular flexibility index (Phi) is 5.99. The SMILES string of the molecule is Cc1occc1-c1nnc(SC(C)C(=O)N2CC(C)CC(C)C2)n1-c1ccccc1. The summed E-state index contributed by atoms with van der Waals surface area (Å²) in [6.07, 6.45) is 2.84. The number of thioether (sulfide) groups is 1. The van der Waals surface area contributed by atoms with Gasteiger partial charge in [-0.3, -0.25) is 9.36 Å². The molecule has 1 amide bonds. The van der Waals surface area contributed by atoms with Crippen LogP contribution >= 0.6 is 11.8 Å². The number of carbonyl (C=O) groups is 1. The summed E-state index contributed by atoms with van der Waals surface area (Å²) in [6.45, 7) is 9.98. The van der Waals surface area contributed by atoms with E-state index in [1.54, 1.807) is 6.26 Å². The van der Waals surface area contributed by atoms with Gasteiger partial charge in [0.05, 0.1) is 17.1 Å². The van der Waals surface area contributed by atoms with E-state index in [1.807, 2.05) is 59.7 Å². The molecule has 0 spiro atoms. The van der Waals surface area contributed by atoms with Crippen molar-refractivity contribution < 1.29 is 9.21 Å². The second-order valence-corrected chi connectivity index (χ2v) is 9.62. The zero-order valence-corrected chi connectivity index (χ0v) is 18.7. The molecule has 1 aliphatic rings. The molecule has 158 valence electrons. The van der Waals surface area contributed by atoms with E-state index in [0.717, 1.165) is 35.9 Å². The van der Waals surface area contributed by atoms with Gasteiger partial charge in [0.1, 0.15) is 5.76 Å². The maximum atomic E-state index is 13.2. The number of amides is 1. The number of carbonyl (C=O) groups excluding carboxylic acids is 1. The molecule has 3 aromatic rings. The number of hydrogen-bond donors (Lipinski definition) is 0. The largest absolute Gasteiger partial charge is 0.469 e. The summed E-state index contributed by atoms with van der Waals surface area (Å²) in [6, 6.07) is 11.9. The van der Waals surface area contributed by atoms with E-state index < -0.39 is 0 Å². The zero-order chi connectivity index (χ0) is 21.3. The number of para-hydroxylation sites is 1. The van der Waals surface area contributed by atoms with Gasteiger partial charge in [0.25, 0.3) is 0 Å². The van der Waals surface area contributed by atoms with Crippen LogP contribution in [0.3, 0.4) is 0 Å². The number of aromatic nitrogens is 3. The van der Waals surface area contributed by atoms with Gasteiger partial charge >= 0.3 is 0 Å². The third-order valence-electron chi connectivity index (χ3n) is 5.56. The molecular weight excluding hydrogens is 396 g/mol. The number of hydrogen-bond acceptors (Lipinski definition) is 5. The third kappa shape index (κ3) is 4.17. The third-order valence-corrected chi connectivity index (χ3v) is 6.59. The van der Waals surface area contributed by atoms with Crippen molar-refractivity contribution in [2.45, 2.75) is 44.5 Å². The van der Waals surface area contributed by atoms with Gasteiger partial charge < -0.3 is 9.32 Å². The van der Waals surface area contributed by atoms with Gasteiger partial charge in [0.15, 0.2) is 11.0 Å². The minimum absolute atomic E-state index is 0.169. The molecular formula is C23H28N4O2S. The van der Waals surface area contributed by atoms with E-state index in [9.17, 15) is 4.79 Å². The van der Waals surface area contributed by atoms with Gasteiger partial charge in [0.2, 0.25) is 5.91 Å². The van der Waals surface area contributed by atoms with Crippen molar-refractivity contribution in [2.24, 2.45) is 11.8 Å². The molecule has 1 aliphatic heterocycles. The first kappa shape index (κ1) is 20.7. The summed E-state index contributed by atoms with van der Waals surface area (Å²) in [5, 5.41) is 9.36. The molecule has 3 atom stereocenters. The van der Waals surface area contributed by atoms with Crippen molar-refractivity contribution in [2.75, 3.05) is 13.1 Å². The van der Waals surface area contributed by atoms with Gasteiger partial charge in [-0.2, -0.15) is 0 Å². The van der Waals surface area contributed by atoms with Gasteiger partial charge in [-0.1, -0.05) is 43.8 Å². The van der Waals surface area contributed by atoms with Crippen LogP contribution in [0.5, 0.6) is 0 Å². The molecule has 1 aromatic carbocycles. The van der Waals surface area contributed by atoms with Gasteiger partial charge in [-0.05, 0) is 50.3 Å². The molecule has 4 rings (SSSR count). The van der Waals surface area contributed by atoms with E-state index in [0.29, 0.717) is 17.0 Å². The number of aryl methyl sites for hydroxylation is 1. The zero-order valence-electron chi connectivity index (χ0n) is 17.9. The lowest BCUT2D eigenvalue weighted by atomic mass is 9.92. The Morgan fingerprint density at radius 3 is 2.47 bits per heavy atom. The van der Waals surface area contributed by atoms with Crippen LogP contribution in [-0.2, 0) is 4.79 Å². The highest BCUT2D eigenvalue weighted by Crippen LogP contribution is 2.33. The maximum absolute atomic E-state index is 13.2. The maximum Gasteiger partial charge on any atom is 0.235 e. The summed E-state index contributed by atoms with van der Waals surface area (Å²) in [5.74, 6) is 2.76. The molecule has 3 heterocycles. The van der Waals surface area contributed by atoms with Crippen LogP contribution in [0.4, 0.5) is 0 Å². The summed E-state index contributed by atoms with van der Waals surface area (Å²) in [7, 11) is 0. The molecule has 0 saturated carbocycles. The topological polar surface area (TPSA) is 64.2 Å². The molecule has 0 N–H and O–H groups in total. The molecule has 30 heavy (non-hydrogen) atoms. The molecule has 3 unspecified atom stereocenters. The quantitative estimate of drug-likeness (QED) is 0.550. The fourth-order valence-corrected chi connectivity index (χ4v) is 5.21. The van der Waals surface area contributed by atoms with Crippen LogP contribution in [0.2, 0.25) is 0 Å². The first-order valence-corrected chi connectivity index (χ1v) is 11.3. The normalized spacial score (nSPS) is 20.3. The van der Waals surface area contributed by atoms with E-state index >= 15 is 0 Å². The van der Waals surface area contributed by atoms with Crippen molar-refractivity contribution in [3.8, 4) is 17.1 Å². The summed E-state index contributed by atoms with van der Waals surface area (Å²) in [5.41, 5.74) is 1.86. The number of piperidine rings is 1. The Morgan fingerprint density at radius 2 is 1.83 bits per heavy atom. The van der Waals surface area contributed by atoms with E-state index in [-0.39, 0.29) is 11.2 Å². The predicted molar refractivity (Wildman–Crippen MR) is 119 cm³/mol. The Morgan fingerprint density at radius 1 is 1.13 bits per heavy atom. The van der Waals surface area contributed by atoms with Crippen LogP contribution in [0, 0.1) is 18.8 Å². The Hall–Kier alpha value is -2.54. The Bertz CT molecular complexity index is 1000. The summed E-state index contributed by atoms with van der Waals surface area (Å²) in [4.78, 5) is 15.2. The lowest BCUT2D eigenvalue weighted by molar-refractivity contribution is -0.132. The highest BCUT2D eigenvalue weighted by molar-refractivity contribution is 8.00. The Labute approximate surface area is 181 Å². The van der Waals surface area contributed by atoms with Crippen LogP contribution < -0.4 is 0 Å². The number of benzene rings is 1. The second-order valence-electron chi connectivity index (χ2n) is 8.32. The smallest absolute Gasteiger partial charge is 0.235 e. The molecule has 2 aromatic heterocycles. The monoisotopic (exact) mass is 424 g/mol. The molecule has 0 radical (unpaired) electrons. The van der Waals surface area contributed by atoms with Crippen molar-refractivity contribution in [3.05, 3.63) is 48.4 Å². The minimum Gasteiger partial charge on any atom is -0.469 e. The van der Waals surface area contributed by atoms with E-state index in [2.05, 4.69) is 24.0 Å². The fraction of sp³-hybridized carbons (Fsp3) is 0.435. The molecule has 1 fully saturated rings. The van der Waals surface area contributed by atoms with E-state index in [4.69, 9.17) is 4.42 Å². The standard InChI is InChI=1S/C23H28N4O2S/c1-15-12-16(2)14-26(13-15)22(28)18(4)30-23-25-24-21(20-10-11-29-17(20)3)27(23)19-8-6-5-7-9-19/h5-11,15-16,18H,12-14H2,1-4H3. The molecule has 1 saturated heterocycles. The molecule has 0 aliphatic carbocycles. The van der Waals surface area contributed by atoms with Crippen LogP contribution in [0.25, 0.3) is 17.1 Å². The van der Waals surface area contributed by atoms with E-state index in [1.165, 1.54) is 18.2 Å². The lowest BCUT2D eigenvalue weighted by Gasteiger charge is -2.36. The number of furan rings is 1. The first-order valence-electron chi connectivity index (χ1n) is 10.4. The van der Waals surface area contributed by atoms with Crippen molar-refractivity contribution >= 4 is 17.7 Å². The number of rotatable bonds is 5. The summed E-state index contributed by atoms with van der Waals surface area (Å²) >= 11 is 1.46. The lowest BCUT2D eigenvalue weighted by Crippen LogP contribution is -2.45. The van der Waals surface area contributed by atoms with Gasteiger partial charge in [0, 0.05) is 18.8 Å². The first-order chi connectivity index (χ1) is 14.4. The van der Waals surface area contributed by atoms with Crippen molar-refractivity contribution in [1.82, 2.24) is 19.7 Å². The molecule has 6 nitrogen and oxygen atoms in total. The molecule has 7 heteroatoms. The minimum atomic E-state index is -0.243. The second kappa shape index (κ2) is 8.68. The average molecular weight is 425 g/mol. The fourth-order valence-electron chi connectivity index (χ4n) is 4.26. The highest BCUT2D eigenvalue weighted by Gasteiger charge is 2.30. The van der Waals surface area contributed by atoms with Crippen molar-refractivity contribution in [1.29, 1.82) is 0 Å². The van der Waals surface area contributed by atoms with Crippen LogP contribution in [0.1, 0.15) is 33.0 Å². The van der Waals surface area contributed by atoms with Crippen LogP contribution in [0.15, 0.2) is 52.2 Å². The Balaban J connectivity index is 1.64. The number of likely N-dealkylation sites (tertiary alicyclic amines) is 1. The van der Waals surface area contributed by atoms with Gasteiger partial charge in [-0.25, -0.2) is 0 Å². The summed E-state index contributed by atoms with van der Waals surface area (Å²) < 4.78 is 7.50. The number of nitrogens with zero attached hydrogens (tertiary/aromatic N) is 4. The van der Waals surface area contributed by atoms with Gasteiger partial charge in [-0.15, -0.1) is 10.2 Å². The predicted octanol–water partition coefficient (Wildman–Crippen LogP) is 4.82. The van der Waals surface area contributed by atoms with Crippen LogP contribution in [-0.4, -0.2) is 43.9 Å². The average Bonchev–Trinajstić information content (AvgIpc) is 3.33. The highest BCUT2D eigenvalue weighted by atomic mass is 32.2. The molecule has 0 bridgehead atoms. The van der Waals surface area contributed by atoms with Crippen molar-refractivity contribution in [3.63, 3.8) is 0 Å².